The van der Waals surface area contributed by atoms with Crippen molar-refractivity contribution in [1.29, 1.82) is 0 Å². The van der Waals surface area contributed by atoms with Crippen LogP contribution in [0, 0.1) is 24.0 Å². The van der Waals surface area contributed by atoms with Crippen LogP contribution in [0.1, 0.15) is 23.2 Å². The molecule has 0 spiro atoms. The minimum absolute atomic E-state index is 0.568. The molecule has 0 fully saturated rings. The van der Waals surface area contributed by atoms with E-state index >= 15 is 0 Å². The van der Waals surface area contributed by atoms with Crippen molar-refractivity contribution in [1.82, 2.24) is 0 Å². The number of fused-ring (bicyclic) bond motifs is 2. The second-order valence-corrected chi connectivity index (χ2v) is 6.26. The Morgan fingerprint density at radius 2 is 1.92 bits per heavy atom. The van der Waals surface area contributed by atoms with Gasteiger partial charge in [-0.2, -0.15) is 4.73 Å². The molecule has 0 saturated heterocycles. The quantitative estimate of drug-likeness (QED) is 0.553. The van der Waals surface area contributed by atoms with Crippen LogP contribution >= 0.6 is 0 Å². The Morgan fingerprint density at radius 1 is 1.08 bits per heavy atom. The molecule has 0 radical (unpaired) electrons. The fraction of sp³-hybridized carbons (Fsp3) is 0.150. The van der Waals surface area contributed by atoms with Crippen molar-refractivity contribution in [3.63, 3.8) is 0 Å². The zero-order chi connectivity index (χ0) is 16.8. The van der Waals surface area contributed by atoms with E-state index in [0.29, 0.717) is 28.8 Å². The fourth-order valence-electron chi connectivity index (χ4n) is 3.22. The van der Waals surface area contributed by atoms with Crippen LogP contribution < -0.4 is 15.3 Å². The van der Waals surface area contributed by atoms with Gasteiger partial charge in [-0.05, 0) is 37.3 Å². The predicted octanol–water partition coefficient (Wildman–Crippen LogP) is 2.29. The Hall–Kier alpha value is -3.01. The van der Waals surface area contributed by atoms with Crippen molar-refractivity contribution in [3.05, 3.63) is 85.2 Å². The van der Waals surface area contributed by atoms with Gasteiger partial charge in [-0.1, -0.05) is 11.6 Å². The maximum atomic E-state index is 12.8. The Kier molecular flexibility index (Phi) is 3.20. The molecule has 0 N–H and O–H groups in total. The molecule has 2 heterocycles. The van der Waals surface area contributed by atoms with E-state index in [1.165, 1.54) is 0 Å². The zero-order valence-corrected chi connectivity index (χ0v) is 13.6. The first-order valence-electron chi connectivity index (χ1n) is 7.95. The molecule has 4 rings (SSSR count). The minimum atomic E-state index is 0.568. The molecule has 4 heteroatoms. The van der Waals surface area contributed by atoms with Crippen molar-refractivity contribution in [2.45, 2.75) is 20.3 Å². The summed E-state index contributed by atoms with van der Waals surface area (Å²) < 4.78 is 1.93. The molecule has 0 saturated carbocycles. The highest BCUT2D eigenvalue weighted by Crippen LogP contribution is 2.32. The number of aryl methyl sites for hydroxylation is 2. The number of pyridine rings is 1. The molecular formula is C20H17N2O2+. The first-order valence-corrected chi connectivity index (χ1v) is 7.95. The van der Waals surface area contributed by atoms with E-state index in [-0.39, 0.29) is 0 Å². The molecular weight excluding hydrogens is 300 g/mol. The lowest BCUT2D eigenvalue weighted by Gasteiger charge is -2.10. The number of nitrogens with zero attached hydrogens (tertiary/aromatic N) is 2. The molecule has 2 aliphatic rings. The third kappa shape index (κ3) is 2.19. The van der Waals surface area contributed by atoms with Gasteiger partial charge in [0.2, 0.25) is 5.35 Å². The number of aromatic nitrogens is 1. The van der Waals surface area contributed by atoms with Crippen molar-refractivity contribution in [2.75, 3.05) is 0 Å². The van der Waals surface area contributed by atoms with Gasteiger partial charge in [-0.15, -0.1) is 0 Å². The normalized spacial score (nSPS) is 18.5. The van der Waals surface area contributed by atoms with E-state index in [1.54, 1.807) is 13.0 Å². The van der Waals surface area contributed by atoms with E-state index < -0.39 is 0 Å². The molecule has 1 aromatic heterocycles. The van der Waals surface area contributed by atoms with Crippen LogP contribution in [0.25, 0.3) is 18.2 Å². The summed E-state index contributed by atoms with van der Waals surface area (Å²) in [4.78, 5) is 12.8. The van der Waals surface area contributed by atoms with Crippen molar-refractivity contribution < 1.29 is 9.49 Å². The van der Waals surface area contributed by atoms with Crippen molar-refractivity contribution in [3.8, 4) is 0 Å². The van der Waals surface area contributed by atoms with Crippen LogP contribution in [0.2, 0.25) is 0 Å². The van der Waals surface area contributed by atoms with Gasteiger partial charge in [0.1, 0.15) is 0 Å². The maximum Gasteiger partial charge on any atom is 0.270 e. The second-order valence-electron chi connectivity index (χ2n) is 6.26. The second kappa shape index (κ2) is 5.27. The van der Waals surface area contributed by atoms with Crippen LogP contribution in [-0.4, -0.2) is 4.76 Å². The van der Waals surface area contributed by atoms with E-state index in [2.05, 4.69) is 0 Å². The van der Waals surface area contributed by atoms with Crippen molar-refractivity contribution >= 4 is 23.9 Å². The number of benzene rings is 1. The number of hydrogen-bond acceptors (Lipinski definition) is 2. The Balaban J connectivity index is 1.88. The topological polar surface area (TPSA) is 47.0 Å². The largest absolute Gasteiger partial charge is 0.618 e. The maximum absolute atomic E-state index is 12.8. The van der Waals surface area contributed by atoms with Crippen LogP contribution in [0.3, 0.4) is 0 Å². The summed E-state index contributed by atoms with van der Waals surface area (Å²) in [5.74, 6) is 0. The molecule has 2 aromatic rings. The van der Waals surface area contributed by atoms with Crippen molar-refractivity contribution in [2.24, 2.45) is 0 Å². The van der Waals surface area contributed by atoms with Gasteiger partial charge >= 0.3 is 0 Å². The number of rotatable bonds is 0. The molecule has 1 aliphatic carbocycles. The molecule has 24 heavy (non-hydrogen) atoms. The van der Waals surface area contributed by atoms with E-state index in [4.69, 9.17) is 0 Å². The van der Waals surface area contributed by atoms with Gasteiger partial charge in [-0.25, -0.2) is 0 Å². The summed E-state index contributed by atoms with van der Waals surface area (Å²) in [6.07, 6.45) is 8.24. The summed E-state index contributed by atoms with van der Waals surface area (Å²) in [6.45, 7) is 3.80. The summed E-state index contributed by atoms with van der Waals surface area (Å²) >= 11 is 0. The summed E-state index contributed by atoms with van der Waals surface area (Å²) in [7, 11) is 0. The predicted molar refractivity (Wildman–Crippen MR) is 93.5 cm³/mol. The Labute approximate surface area is 139 Å². The standard InChI is InChI=1S/C20H17N2O2/c1-13-3-8-19-15(11-13)6-10-20(22(19)24)17-7-9-18-16(12-17)5-4-14(2)21(18)23/h3-6,8-12H,7H2,1-2H3/q+1/b20-17+. The third-order valence-corrected chi connectivity index (χ3v) is 4.55. The van der Waals surface area contributed by atoms with E-state index in [9.17, 15) is 10.1 Å². The summed E-state index contributed by atoms with van der Waals surface area (Å²) in [5.41, 5.74) is 4.94. The average Bonchev–Trinajstić information content (AvgIpc) is 2.58. The molecule has 118 valence electrons. The lowest BCUT2D eigenvalue weighted by atomic mass is 9.99. The lowest BCUT2D eigenvalue weighted by molar-refractivity contribution is -0.627. The van der Waals surface area contributed by atoms with Crippen LogP contribution in [0.15, 0.2) is 47.7 Å². The highest BCUT2D eigenvalue weighted by atomic mass is 16.5. The highest BCUT2D eigenvalue weighted by molar-refractivity contribution is 5.68. The van der Waals surface area contributed by atoms with E-state index in [0.717, 1.165) is 31.4 Å². The van der Waals surface area contributed by atoms with Gasteiger partial charge in [0.25, 0.3) is 11.4 Å². The number of hydrogen-bond donors (Lipinski definition) is 0. The molecule has 0 unspecified atom stereocenters. The van der Waals surface area contributed by atoms with Gasteiger partial charge in [0, 0.05) is 47.3 Å². The molecule has 1 aromatic carbocycles. The molecule has 1 aliphatic heterocycles. The Morgan fingerprint density at radius 3 is 2.75 bits per heavy atom. The zero-order valence-electron chi connectivity index (χ0n) is 13.6. The molecule has 0 bridgehead atoms. The number of allylic oxidation sites excluding steroid dienone is 2. The van der Waals surface area contributed by atoms with Gasteiger partial charge < -0.3 is 5.21 Å². The van der Waals surface area contributed by atoms with Crippen LogP contribution in [0.4, 0.5) is 5.69 Å². The Bertz CT molecular complexity index is 1080. The molecule has 0 atom stereocenters. The fourth-order valence-corrected chi connectivity index (χ4v) is 3.22. The minimum Gasteiger partial charge on any atom is -0.618 e. The first kappa shape index (κ1) is 14.6. The van der Waals surface area contributed by atoms with Crippen LogP contribution in [-0.2, 0) is 0 Å². The van der Waals surface area contributed by atoms with Gasteiger partial charge in [0.15, 0.2) is 5.69 Å². The lowest BCUT2D eigenvalue weighted by Crippen LogP contribution is -2.55. The SMILES string of the molecule is Cc1ccc2c(c1)C=C/C(=C1\C=c3ccc(C)[n+]([O-])c3=CC1)[N+]2=O. The average molecular weight is 317 g/mol. The van der Waals surface area contributed by atoms with Gasteiger partial charge in [-0.3, -0.25) is 0 Å². The molecule has 4 nitrogen and oxygen atoms in total. The first-order chi connectivity index (χ1) is 11.5. The third-order valence-electron chi connectivity index (χ3n) is 4.55. The number of nitroso groups, excluding NO2 is 1. The molecule has 0 amide bonds. The monoisotopic (exact) mass is 317 g/mol. The summed E-state index contributed by atoms with van der Waals surface area (Å²) in [6, 6.07) is 9.53. The highest BCUT2D eigenvalue weighted by Gasteiger charge is 2.29. The van der Waals surface area contributed by atoms with Gasteiger partial charge in [0.05, 0.1) is 10.3 Å². The summed E-state index contributed by atoms with van der Waals surface area (Å²) in [5, 5.41) is 13.6. The van der Waals surface area contributed by atoms with Crippen LogP contribution in [0.5, 0.6) is 0 Å². The van der Waals surface area contributed by atoms with E-state index in [1.807, 2.05) is 55.5 Å². The smallest absolute Gasteiger partial charge is 0.270 e.